The average molecular weight is 886 g/mol. The highest BCUT2D eigenvalue weighted by atomic mass is 19.4. The third kappa shape index (κ3) is 8.65. The van der Waals surface area contributed by atoms with E-state index >= 15 is 0 Å². The van der Waals surface area contributed by atoms with Crippen LogP contribution >= 0.6 is 0 Å². The minimum Gasteiger partial charge on any atom is -0.465 e. The second-order valence-corrected chi connectivity index (χ2v) is 17.8. The highest BCUT2D eigenvalue weighted by molar-refractivity contribution is 5.87. The first kappa shape index (κ1) is 44.3. The summed E-state index contributed by atoms with van der Waals surface area (Å²) in [4.78, 5) is 73.5. The smallest absolute Gasteiger partial charge is 0.416 e. The topological polar surface area (TPSA) is 189 Å². The molecule has 0 bridgehead atoms. The number of alkyl halides is 3. The van der Waals surface area contributed by atoms with Crippen molar-refractivity contribution in [1.29, 1.82) is 0 Å². The summed E-state index contributed by atoms with van der Waals surface area (Å²) in [6.45, 7) is 8.31. The van der Waals surface area contributed by atoms with Crippen molar-refractivity contribution in [2.75, 3.05) is 25.1 Å². The number of benzene rings is 3. The molecular weight excluding hydrogens is 832 g/mol. The van der Waals surface area contributed by atoms with E-state index in [1.807, 2.05) is 50.2 Å². The highest BCUT2D eigenvalue weighted by Crippen LogP contribution is 2.48. The number of halogens is 3. The molecule has 0 radical (unpaired) electrons. The van der Waals surface area contributed by atoms with Crippen molar-refractivity contribution in [1.82, 2.24) is 40.4 Å². The number of ether oxygens (including phenoxy) is 1. The molecule has 0 aliphatic carbocycles. The molecule has 0 saturated carbocycles. The van der Waals surface area contributed by atoms with Crippen LogP contribution in [0.3, 0.4) is 0 Å². The average Bonchev–Trinajstić information content (AvgIpc) is 4.11. The summed E-state index contributed by atoms with van der Waals surface area (Å²) in [5.74, 6) is 0.297. The second-order valence-electron chi connectivity index (χ2n) is 17.8. The maximum absolute atomic E-state index is 13.8. The fourth-order valence-corrected chi connectivity index (χ4v) is 9.80. The van der Waals surface area contributed by atoms with Gasteiger partial charge in [0.15, 0.2) is 0 Å². The molecule has 15 nitrogen and oxygen atoms in total. The second kappa shape index (κ2) is 17.7. The molecule has 8 rings (SSSR count). The monoisotopic (exact) mass is 885 g/mol. The number of imidazole rings is 2. The number of rotatable bonds is 11. The molecule has 0 spiro atoms. The molecule has 3 fully saturated rings. The first-order valence-corrected chi connectivity index (χ1v) is 21.9. The predicted molar refractivity (Wildman–Crippen MR) is 232 cm³/mol. The van der Waals surface area contributed by atoms with E-state index in [2.05, 4.69) is 25.5 Å². The minimum atomic E-state index is -4.50. The Bertz CT molecular complexity index is 2540. The Morgan fingerprint density at radius 2 is 1.17 bits per heavy atom. The molecule has 340 valence electrons. The Kier molecular flexibility index (Phi) is 12.2. The lowest BCUT2D eigenvalue weighted by molar-refractivity contribution is -0.138. The lowest BCUT2D eigenvalue weighted by Crippen LogP contribution is -2.51. The van der Waals surface area contributed by atoms with Gasteiger partial charge in [-0.05, 0) is 110 Å². The van der Waals surface area contributed by atoms with E-state index in [0.717, 1.165) is 47.1 Å². The van der Waals surface area contributed by atoms with Crippen molar-refractivity contribution in [3.63, 3.8) is 0 Å². The third-order valence-corrected chi connectivity index (χ3v) is 13.0. The van der Waals surface area contributed by atoms with Gasteiger partial charge in [-0.25, -0.2) is 19.6 Å². The van der Waals surface area contributed by atoms with Crippen molar-refractivity contribution >= 4 is 51.8 Å². The van der Waals surface area contributed by atoms with Gasteiger partial charge in [0.05, 0.1) is 58.9 Å². The zero-order valence-electron chi connectivity index (χ0n) is 36.4. The number of hydrogen-bond acceptors (Lipinski definition) is 8. The van der Waals surface area contributed by atoms with Gasteiger partial charge in [0.25, 0.3) is 0 Å². The summed E-state index contributed by atoms with van der Waals surface area (Å²) in [5, 5.41) is 14.5. The van der Waals surface area contributed by atoms with Gasteiger partial charge in [-0.1, -0.05) is 39.8 Å². The number of amides is 4. The normalized spacial score (nSPS) is 21.3. The number of anilines is 1. The summed E-state index contributed by atoms with van der Waals surface area (Å²) in [5.41, 5.74) is 4.66. The maximum atomic E-state index is 13.8. The third-order valence-electron chi connectivity index (χ3n) is 13.0. The number of carbonyl (C=O) groups is 4. The van der Waals surface area contributed by atoms with Crippen LogP contribution in [0, 0.1) is 11.8 Å². The Morgan fingerprint density at radius 1 is 0.703 bits per heavy atom. The van der Waals surface area contributed by atoms with Gasteiger partial charge in [-0.15, -0.1) is 0 Å². The number of fused-ring (bicyclic) bond motifs is 2. The quantitative estimate of drug-likeness (QED) is 0.0866. The Labute approximate surface area is 368 Å². The Morgan fingerprint density at radius 3 is 1.59 bits per heavy atom. The first-order valence-electron chi connectivity index (χ1n) is 21.9. The lowest BCUT2D eigenvalue weighted by atomic mass is 10.0. The largest absolute Gasteiger partial charge is 0.465 e. The number of aromatic nitrogens is 4. The molecule has 18 heteroatoms. The van der Waals surface area contributed by atoms with Crippen molar-refractivity contribution in [2.45, 2.75) is 109 Å². The van der Waals surface area contributed by atoms with Crippen LogP contribution in [0.4, 0.5) is 28.4 Å². The van der Waals surface area contributed by atoms with E-state index in [9.17, 15) is 37.5 Å². The SMILES string of the molecule is COC(=O)NC(C(=O)N1CCCC1c1nc2cc([C@H]3CCC(c4ccc5[nH]c(C6CCCN6C(=O)[C@@H](NC(=O)O)C(C)C)nc5c4)N3c3ccc(C(F)(F)F)cc3)ccc2[nH]1)C(C)C. The van der Waals surface area contributed by atoms with Crippen molar-refractivity contribution < 1.29 is 42.2 Å². The highest BCUT2D eigenvalue weighted by Gasteiger charge is 2.41. The molecule has 3 aliphatic heterocycles. The number of carbonyl (C=O) groups excluding carboxylic acids is 3. The van der Waals surface area contributed by atoms with Gasteiger partial charge in [0, 0.05) is 18.8 Å². The van der Waals surface area contributed by atoms with Gasteiger partial charge in [0.1, 0.15) is 23.7 Å². The van der Waals surface area contributed by atoms with Crippen LogP contribution < -0.4 is 15.5 Å². The molecule has 4 unspecified atom stereocenters. The standard InChI is InChI=1S/C46H54F3N9O6/c1-24(2)38(54-44(61)62)42(59)56-20-6-8-36(56)40-50-30-16-10-26(22-32(30)52-40)34-18-19-35(58(34)29-14-12-28(13-15-29)46(47,48)49)27-11-17-31-33(23-27)53-41(51-31)37-9-7-21-57(37)43(60)39(25(3)4)55-45(63)64-5/h10-17,22-25,34-39,54H,6-9,18-21H2,1-5H3,(H,50,52)(H,51,53)(H,55,63)(H,61,62)/t34?,35-,36?,37?,38+,39?/m1/s1. The molecule has 5 heterocycles. The van der Waals surface area contributed by atoms with E-state index in [1.165, 1.54) is 19.2 Å². The number of aromatic amines is 2. The minimum absolute atomic E-state index is 0.179. The van der Waals surface area contributed by atoms with E-state index in [0.29, 0.717) is 67.1 Å². The van der Waals surface area contributed by atoms with Gasteiger partial charge < -0.3 is 45.1 Å². The molecule has 5 aromatic rings. The fraction of sp³-hybridized carbons (Fsp3) is 0.478. The molecule has 64 heavy (non-hydrogen) atoms. The summed E-state index contributed by atoms with van der Waals surface area (Å²) in [6.07, 6.45) is -2.21. The van der Waals surface area contributed by atoms with Crippen LogP contribution in [0.5, 0.6) is 0 Å². The van der Waals surface area contributed by atoms with Crippen molar-refractivity contribution in [2.24, 2.45) is 11.8 Å². The number of hydrogen-bond donors (Lipinski definition) is 5. The van der Waals surface area contributed by atoms with Crippen LogP contribution in [0.1, 0.15) is 119 Å². The number of likely N-dealkylation sites (tertiary alicyclic amines) is 2. The number of H-pyrrole nitrogens is 2. The van der Waals surface area contributed by atoms with Gasteiger partial charge in [-0.3, -0.25) is 9.59 Å². The van der Waals surface area contributed by atoms with Crippen molar-refractivity contribution in [3.8, 4) is 0 Å². The van der Waals surface area contributed by atoms with Crippen LogP contribution in [0.25, 0.3) is 22.1 Å². The fourth-order valence-electron chi connectivity index (χ4n) is 9.80. The zero-order chi connectivity index (χ0) is 45.6. The van der Waals surface area contributed by atoms with Gasteiger partial charge >= 0.3 is 18.4 Å². The molecule has 5 N–H and O–H groups in total. The van der Waals surface area contributed by atoms with E-state index in [4.69, 9.17) is 14.7 Å². The number of nitrogens with one attached hydrogen (secondary N) is 4. The van der Waals surface area contributed by atoms with Crippen LogP contribution in [0.15, 0.2) is 60.7 Å². The molecule has 3 aromatic carbocycles. The number of methoxy groups -OCH3 is 1. The Balaban J connectivity index is 1.09. The van der Waals surface area contributed by atoms with Crippen LogP contribution in [0.2, 0.25) is 0 Å². The maximum Gasteiger partial charge on any atom is 0.416 e. The number of carboxylic acid groups (broad SMARTS) is 1. The summed E-state index contributed by atoms with van der Waals surface area (Å²) in [7, 11) is 1.26. The van der Waals surface area contributed by atoms with Crippen LogP contribution in [-0.4, -0.2) is 91.1 Å². The number of nitrogens with zero attached hydrogens (tertiary/aromatic N) is 5. The summed E-state index contributed by atoms with van der Waals surface area (Å²) in [6, 6.07) is 14.3. The molecule has 6 atom stereocenters. The molecular formula is C46H54F3N9O6. The van der Waals surface area contributed by atoms with Crippen LogP contribution in [-0.2, 0) is 20.5 Å². The lowest BCUT2D eigenvalue weighted by Gasteiger charge is -2.33. The molecule has 2 aromatic heterocycles. The summed E-state index contributed by atoms with van der Waals surface area (Å²) >= 11 is 0. The molecule has 3 aliphatic rings. The predicted octanol–water partition coefficient (Wildman–Crippen LogP) is 8.54. The number of alkyl carbamates (subject to hydrolysis) is 1. The van der Waals surface area contributed by atoms with E-state index < -0.39 is 36.0 Å². The Hall–Kier alpha value is -6.33. The van der Waals surface area contributed by atoms with E-state index in [1.54, 1.807) is 23.6 Å². The summed E-state index contributed by atoms with van der Waals surface area (Å²) < 4.78 is 46.1. The van der Waals surface area contributed by atoms with Crippen molar-refractivity contribution in [3.05, 3.63) is 89.0 Å². The molecule has 4 amide bonds. The zero-order valence-corrected chi connectivity index (χ0v) is 36.4. The van der Waals surface area contributed by atoms with Gasteiger partial charge in [0.2, 0.25) is 11.8 Å². The van der Waals surface area contributed by atoms with E-state index in [-0.39, 0.29) is 47.8 Å². The first-order chi connectivity index (χ1) is 30.5. The van der Waals surface area contributed by atoms with Gasteiger partial charge in [-0.2, -0.15) is 13.2 Å². The molecule has 3 saturated heterocycles.